The minimum atomic E-state index is 0.362. The van der Waals surface area contributed by atoms with Crippen LogP contribution in [0.25, 0.3) is 0 Å². The third-order valence-electron chi connectivity index (χ3n) is 3.59. The summed E-state index contributed by atoms with van der Waals surface area (Å²) >= 11 is 3.65. The summed E-state index contributed by atoms with van der Waals surface area (Å²) in [5.74, 6) is 0. The van der Waals surface area contributed by atoms with Gasteiger partial charge >= 0.3 is 0 Å². The molecular formula is C17H20BrN. The summed E-state index contributed by atoms with van der Waals surface area (Å²) in [6, 6.07) is 15.3. The molecule has 0 heterocycles. The van der Waals surface area contributed by atoms with E-state index >= 15 is 0 Å². The second-order valence-electron chi connectivity index (χ2n) is 4.99. The minimum absolute atomic E-state index is 0.362. The molecule has 2 aromatic carbocycles. The standard InChI is InChI=1S/C17H20BrN/c1-12-9-10-16(13(2)17(12)18)11-19-14(3)15-7-5-4-6-8-15/h4-10,14,19H,11H2,1-3H3. The highest BCUT2D eigenvalue weighted by molar-refractivity contribution is 9.10. The lowest BCUT2D eigenvalue weighted by Gasteiger charge is -2.16. The van der Waals surface area contributed by atoms with Gasteiger partial charge in [0.25, 0.3) is 0 Å². The minimum Gasteiger partial charge on any atom is -0.306 e. The third kappa shape index (κ3) is 3.46. The van der Waals surface area contributed by atoms with Gasteiger partial charge in [0, 0.05) is 17.1 Å². The molecule has 0 aliphatic carbocycles. The van der Waals surface area contributed by atoms with Crippen LogP contribution in [0.2, 0.25) is 0 Å². The van der Waals surface area contributed by atoms with Crippen molar-refractivity contribution in [3.63, 3.8) is 0 Å². The number of hydrogen-bond donors (Lipinski definition) is 1. The van der Waals surface area contributed by atoms with Crippen LogP contribution in [-0.2, 0) is 6.54 Å². The summed E-state index contributed by atoms with van der Waals surface area (Å²) in [6.45, 7) is 7.39. The Balaban J connectivity index is 2.05. The Bertz CT molecular complexity index is 549. The summed E-state index contributed by atoms with van der Waals surface area (Å²) < 4.78 is 1.22. The van der Waals surface area contributed by atoms with Crippen molar-refractivity contribution < 1.29 is 0 Å². The average molecular weight is 318 g/mol. The quantitative estimate of drug-likeness (QED) is 0.844. The summed E-state index contributed by atoms with van der Waals surface area (Å²) in [5, 5.41) is 3.58. The first-order chi connectivity index (χ1) is 9.09. The average Bonchev–Trinajstić information content (AvgIpc) is 2.45. The lowest BCUT2D eigenvalue weighted by atomic mass is 10.0. The molecule has 0 aliphatic heterocycles. The molecule has 0 saturated carbocycles. The zero-order valence-electron chi connectivity index (χ0n) is 11.7. The third-order valence-corrected chi connectivity index (χ3v) is 4.81. The van der Waals surface area contributed by atoms with E-state index in [1.165, 1.54) is 26.7 Å². The van der Waals surface area contributed by atoms with E-state index in [2.05, 4.69) is 84.5 Å². The number of halogens is 1. The summed E-state index contributed by atoms with van der Waals surface area (Å²) in [7, 11) is 0. The predicted molar refractivity (Wildman–Crippen MR) is 85.3 cm³/mol. The second-order valence-corrected chi connectivity index (χ2v) is 5.79. The Morgan fingerprint density at radius 1 is 1.05 bits per heavy atom. The van der Waals surface area contributed by atoms with E-state index in [0.717, 1.165) is 6.54 Å². The van der Waals surface area contributed by atoms with E-state index in [0.29, 0.717) is 6.04 Å². The molecule has 1 unspecified atom stereocenters. The van der Waals surface area contributed by atoms with Crippen molar-refractivity contribution in [1.29, 1.82) is 0 Å². The Hall–Kier alpha value is -1.12. The van der Waals surface area contributed by atoms with Crippen molar-refractivity contribution >= 4 is 15.9 Å². The summed E-state index contributed by atoms with van der Waals surface area (Å²) in [4.78, 5) is 0. The number of hydrogen-bond acceptors (Lipinski definition) is 1. The topological polar surface area (TPSA) is 12.0 Å². The van der Waals surface area contributed by atoms with Gasteiger partial charge in [0.1, 0.15) is 0 Å². The van der Waals surface area contributed by atoms with Gasteiger partial charge in [-0.3, -0.25) is 0 Å². The predicted octanol–water partition coefficient (Wildman–Crippen LogP) is 4.92. The molecule has 1 N–H and O–H groups in total. The number of rotatable bonds is 4. The molecule has 1 nitrogen and oxygen atoms in total. The molecular weight excluding hydrogens is 298 g/mol. The molecule has 0 radical (unpaired) electrons. The highest BCUT2D eigenvalue weighted by atomic mass is 79.9. The zero-order chi connectivity index (χ0) is 13.8. The van der Waals surface area contributed by atoms with Crippen LogP contribution < -0.4 is 5.32 Å². The highest BCUT2D eigenvalue weighted by Crippen LogP contribution is 2.24. The summed E-state index contributed by atoms with van der Waals surface area (Å²) in [5.41, 5.74) is 5.29. The Labute approximate surface area is 124 Å². The van der Waals surface area contributed by atoms with Gasteiger partial charge in [-0.15, -0.1) is 0 Å². The van der Waals surface area contributed by atoms with E-state index in [9.17, 15) is 0 Å². The number of aryl methyl sites for hydroxylation is 1. The van der Waals surface area contributed by atoms with Crippen LogP contribution in [0.4, 0.5) is 0 Å². The molecule has 0 aliphatic rings. The van der Waals surface area contributed by atoms with Crippen LogP contribution in [0.15, 0.2) is 46.9 Å². The lowest BCUT2D eigenvalue weighted by molar-refractivity contribution is 0.573. The molecule has 0 bridgehead atoms. The maximum Gasteiger partial charge on any atom is 0.0294 e. The van der Waals surface area contributed by atoms with Crippen molar-refractivity contribution in [2.24, 2.45) is 0 Å². The van der Waals surface area contributed by atoms with Crippen LogP contribution in [0.5, 0.6) is 0 Å². The van der Waals surface area contributed by atoms with Crippen molar-refractivity contribution in [2.45, 2.75) is 33.4 Å². The van der Waals surface area contributed by atoms with E-state index in [1.54, 1.807) is 0 Å². The molecule has 0 saturated heterocycles. The molecule has 0 aromatic heterocycles. The maximum atomic E-state index is 3.65. The lowest BCUT2D eigenvalue weighted by Crippen LogP contribution is -2.18. The van der Waals surface area contributed by atoms with Crippen LogP contribution >= 0.6 is 15.9 Å². The monoisotopic (exact) mass is 317 g/mol. The number of benzene rings is 2. The van der Waals surface area contributed by atoms with Crippen LogP contribution in [-0.4, -0.2) is 0 Å². The molecule has 2 rings (SSSR count). The Kier molecular flexibility index (Phi) is 4.78. The van der Waals surface area contributed by atoms with Crippen molar-refractivity contribution in [3.05, 3.63) is 69.2 Å². The van der Waals surface area contributed by atoms with E-state index < -0.39 is 0 Å². The fourth-order valence-corrected chi connectivity index (χ4v) is 2.56. The van der Waals surface area contributed by atoms with Gasteiger partial charge in [0.2, 0.25) is 0 Å². The molecule has 2 heteroatoms. The van der Waals surface area contributed by atoms with Crippen LogP contribution in [0.3, 0.4) is 0 Å². The van der Waals surface area contributed by atoms with E-state index in [1.807, 2.05) is 0 Å². The normalized spacial score (nSPS) is 12.4. The van der Waals surface area contributed by atoms with Crippen molar-refractivity contribution in [1.82, 2.24) is 5.32 Å². The van der Waals surface area contributed by atoms with Crippen molar-refractivity contribution in [2.75, 3.05) is 0 Å². The Morgan fingerprint density at radius 2 is 1.74 bits per heavy atom. The summed E-state index contributed by atoms with van der Waals surface area (Å²) in [6.07, 6.45) is 0. The fraction of sp³-hybridized carbons (Fsp3) is 0.294. The number of nitrogens with one attached hydrogen (secondary N) is 1. The SMILES string of the molecule is Cc1ccc(CNC(C)c2ccccc2)c(C)c1Br. The molecule has 2 aromatic rings. The zero-order valence-corrected chi connectivity index (χ0v) is 13.3. The smallest absolute Gasteiger partial charge is 0.0294 e. The van der Waals surface area contributed by atoms with Gasteiger partial charge in [-0.2, -0.15) is 0 Å². The fourth-order valence-electron chi connectivity index (χ4n) is 2.17. The van der Waals surface area contributed by atoms with Crippen LogP contribution in [0.1, 0.15) is 35.2 Å². The van der Waals surface area contributed by atoms with Gasteiger partial charge < -0.3 is 5.32 Å². The van der Waals surface area contributed by atoms with Gasteiger partial charge in [-0.1, -0.05) is 58.4 Å². The van der Waals surface area contributed by atoms with E-state index in [4.69, 9.17) is 0 Å². The first kappa shape index (κ1) is 14.3. The highest BCUT2D eigenvalue weighted by Gasteiger charge is 2.07. The van der Waals surface area contributed by atoms with E-state index in [-0.39, 0.29) is 0 Å². The first-order valence-corrected chi connectivity index (χ1v) is 7.42. The molecule has 1 atom stereocenters. The van der Waals surface area contributed by atoms with Crippen molar-refractivity contribution in [3.8, 4) is 0 Å². The first-order valence-electron chi connectivity index (χ1n) is 6.62. The molecule has 19 heavy (non-hydrogen) atoms. The maximum absolute atomic E-state index is 3.65. The molecule has 0 spiro atoms. The van der Waals surface area contributed by atoms with Gasteiger partial charge in [-0.25, -0.2) is 0 Å². The largest absolute Gasteiger partial charge is 0.306 e. The van der Waals surface area contributed by atoms with Gasteiger partial charge in [-0.05, 0) is 43.0 Å². The van der Waals surface area contributed by atoms with Gasteiger partial charge in [0.05, 0.1) is 0 Å². The second kappa shape index (κ2) is 6.36. The Morgan fingerprint density at radius 3 is 2.42 bits per heavy atom. The van der Waals surface area contributed by atoms with Crippen LogP contribution in [0, 0.1) is 13.8 Å². The molecule has 0 amide bonds. The molecule has 100 valence electrons. The van der Waals surface area contributed by atoms with Gasteiger partial charge in [0.15, 0.2) is 0 Å². The molecule has 0 fully saturated rings.